The van der Waals surface area contributed by atoms with Gasteiger partial charge >= 0.3 is 0 Å². The lowest BCUT2D eigenvalue weighted by atomic mass is 10.1. The number of amides is 2. The van der Waals surface area contributed by atoms with Crippen molar-refractivity contribution < 1.29 is 14.3 Å². The maximum absolute atomic E-state index is 12.1. The molecular weight excluding hydrogens is 282 g/mol. The van der Waals surface area contributed by atoms with Crippen molar-refractivity contribution in [1.29, 1.82) is 0 Å². The molecule has 0 aromatic heterocycles. The summed E-state index contributed by atoms with van der Waals surface area (Å²) in [7, 11) is 3.53. The first-order valence-electron chi connectivity index (χ1n) is 7.40. The number of carbonyl (C=O) groups excluding carboxylic acids is 2. The Labute approximate surface area is 131 Å². The number of fused-ring (bicyclic) bond motifs is 1. The van der Waals surface area contributed by atoms with Crippen LogP contribution in [-0.4, -0.2) is 55.4 Å². The van der Waals surface area contributed by atoms with Crippen molar-refractivity contribution in [3.05, 3.63) is 29.3 Å². The van der Waals surface area contributed by atoms with Crippen LogP contribution in [0, 0.1) is 0 Å². The lowest BCUT2D eigenvalue weighted by molar-refractivity contribution is -0.131. The molecule has 2 amide bonds. The van der Waals surface area contributed by atoms with Crippen LogP contribution >= 0.6 is 0 Å². The Bertz CT molecular complexity index is 560. The predicted octanol–water partition coefficient (Wildman–Crippen LogP) is 0.605. The van der Waals surface area contributed by atoms with E-state index in [1.165, 1.54) is 0 Å². The maximum Gasteiger partial charge on any atom is 0.236 e. The molecule has 0 bridgehead atoms. The minimum absolute atomic E-state index is 0.0250. The van der Waals surface area contributed by atoms with Gasteiger partial charge in [-0.15, -0.1) is 0 Å². The van der Waals surface area contributed by atoms with Gasteiger partial charge in [0.1, 0.15) is 12.4 Å². The van der Waals surface area contributed by atoms with E-state index in [2.05, 4.69) is 5.32 Å². The Morgan fingerprint density at radius 3 is 2.86 bits per heavy atom. The molecule has 120 valence electrons. The van der Waals surface area contributed by atoms with Gasteiger partial charge in [-0.2, -0.15) is 0 Å². The van der Waals surface area contributed by atoms with Crippen molar-refractivity contribution in [3.8, 4) is 5.75 Å². The smallest absolute Gasteiger partial charge is 0.236 e. The second kappa shape index (κ2) is 7.26. The molecule has 1 aliphatic rings. The largest absolute Gasteiger partial charge is 0.491 e. The molecule has 6 nitrogen and oxygen atoms in total. The van der Waals surface area contributed by atoms with Crippen LogP contribution < -0.4 is 10.1 Å². The molecule has 0 saturated carbocycles. The Morgan fingerprint density at radius 1 is 1.41 bits per heavy atom. The lowest BCUT2D eigenvalue weighted by Crippen LogP contribution is -2.38. The third-order valence-corrected chi connectivity index (χ3v) is 3.74. The van der Waals surface area contributed by atoms with Gasteiger partial charge in [0.05, 0.1) is 13.1 Å². The Balaban J connectivity index is 2.16. The highest BCUT2D eigenvalue weighted by atomic mass is 16.5. The number of benzene rings is 1. The van der Waals surface area contributed by atoms with E-state index in [1.54, 1.807) is 30.8 Å². The molecule has 0 atom stereocenters. The van der Waals surface area contributed by atoms with Crippen LogP contribution in [0.4, 0.5) is 0 Å². The van der Waals surface area contributed by atoms with Gasteiger partial charge in [-0.3, -0.25) is 9.59 Å². The van der Waals surface area contributed by atoms with Gasteiger partial charge in [0.25, 0.3) is 0 Å². The fourth-order valence-corrected chi connectivity index (χ4v) is 2.41. The average Bonchev–Trinajstić information content (AvgIpc) is 2.69. The van der Waals surface area contributed by atoms with Crippen molar-refractivity contribution in [1.82, 2.24) is 15.1 Å². The number of hydrogen-bond donors (Lipinski definition) is 1. The predicted molar refractivity (Wildman–Crippen MR) is 83.4 cm³/mol. The minimum Gasteiger partial charge on any atom is -0.491 e. The lowest BCUT2D eigenvalue weighted by Gasteiger charge is -2.20. The van der Waals surface area contributed by atoms with E-state index in [1.807, 2.05) is 18.2 Å². The van der Waals surface area contributed by atoms with Gasteiger partial charge in [-0.25, -0.2) is 0 Å². The molecule has 0 fully saturated rings. The quantitative estimate of drug-likeness (QED) is 0.885. The van der Waals surface area contributed by atoms with Crippen LogP contribution in [0.15, 0.2) is 18.2 Å². The van der Waals surface area contributed by atoms with Gasteiger partial charge in [-0.05, 0) is 24.7 Å². The number of ether oxygens (including phenoxy) is 1. The summed E-state index contributed by atoms with van der Waals surface area (Å²) in [6.45, 7) is 4.03. The molecule has 0 radical (unpaired) electrons. The van der Waals surface area contributed by atoms with E-state index in [9.17, 15) is 9.59 Å². The molecule has 0 saturated heterocycles. The summed E-state index contributed by atoms with van der Waals surface area (Å²) in [6.07, 6.45) is 0. The van der Waals surface area contributed by atoms with E-state index >= 15 is 0 Å². The standard InChI is InChI=1S/C16H23N3O3/c1-12(20)18(3)10-13-4-5-15-14(8-13)11-19(6-7-22-15)16(21)9-17-2/h4-5,8,17H,6-7,9-11H2,1-3H3. The SMILES string of the molecule is CNCC(=O)N1CCOc2ccc(CN(C)C(C)=O)cc2C1. The molecule has 1 aliphatic heterocycles. The van der Waals surface area contributed by atoms with Crippen molar-refractivity contribution >= 4 is 11.8 Å². The third kappa shape index (κ3) is 3.98. The number of rotatable bonds is 4. The molecule has 1 aromatic carbocycles. The fraction of sp³-hybridized carbons (Fsp3) is 0.500. The first-order chi connectivity index (χ1) is 10.5. The van der Waals surface area contributed by atoms with Crippen LogP contribution in [0.3, 0.4) is 0 Å². The van der Waals surface area contributed by atoms with Crippen molar-refractivity contribution in [3.63, 3.8) is 0 Å². The highest BCUT2D eigenvalue weighted by molar-refractivity contribution is 5.78. The topological polar surface area (TPSA) is 61.9 Å². The molecule has 0 aliphatic carbocycles. The molecule has 1 N–H and O–H groups in total. The van der Waals surface area contributed by atoms with Crippen molar-refractivity contribution in [2.75, 3.05) is 33.8 Å². The molecule has 0 unspecified atom stereocenters. The van der Waals surface area contributed by atoms with Crippen LogP contribution in [0.5, 0.6) is 5.75 Å². The fourth-order valence-electron chi connectivity index (χ4n) is 2.41. The van der Waals surface area contributed by atoms with Gasteiger partial charge in [0.2, 0.25) is 11.8 Å². The molecule has 0 spiro atoms. The zero-order chi connectivity index (χ0) is 16.1. The Morgan fingerprint density at radius 2 is 2.18 bits per heavy atom. The first kappa shape index (κ1) is 16.3. The molecule has 2 rings (SSSR count). The van der Waals surface area contributed by atoms with Crippen molar-refractivity contribution in [2.45, 2.75) is 20.0 Å². The molecule has 22 heavy (non-hydrogen) atoms. The molecule has 1 heterocycles. The van der Waals surface area contributed by atoms with Crippen LogP contribution in [0.2, 0.25) is 0 Å². The second-order valence-corrected chi connectivity index (χ2v) is 5.51. The molecular formula is C16H23N3O3. The number of nitrogens with one attached hydrogen (secondary N) is 1. The summed E-state index contributed by atoms with van der Waals surface area (Å²) in [4.78, 5) is 26.9. The Hall–Kier alpha value is -2.08. The van der Waals surface area contributed by atoms with E-state index in [4.69, 9.17) is 4.74 Å². The van der Waals surface area contributed by atoms with Crippen LogP contribution in [-0.2, 0) is 22.7 Å². The van der Waals surface area contributed by atoms with Gasteiger partial charge in [0.15, 0.2) is 0 Å². The Kier molecular flexibility index (Phi) is 5.38. The zero-order valence-corrected chi connectivity index (χ0v) is 13.4. The number of nitrogens with zero attached hydrogens (tertiary/aromatic N) is 2. The minimum atomic E-state index is 0.0250. The first-order valence-corrected chi connectivity index (χ1v) is 7.40. The summed E-state index contributed by atoms with van der Waals surface area (Å²) in [6, 6.07) is 5.90. The van der Waals surface area contributed by atoms with Gasteiger partial charge < -0.3 is 19.9 Å². The summed E-state index contributed by atoms with van der Waals surface area (Å²) < 4.78 is 5.72. The molecule has 6 heteroatoms. The summed E-state index contributed by atoms with van der Waals surface area (Å²) >= 11 is 0. The summed E-state index contributed by atoms with van der Waals surface area (Å²) in [5.74, 6) is 0.899. The number of carbonyl (C=O) groups is 2. The zero-order valence-electron chi connectivity index (χ0n) is 13.4. The van der Waals surface area contributed by atoms with Gasteiger partial charge in [-0.1, -0.05) is 6.07 Å². The highest BCUT2D eigenvalue weighted by Crippen LogP contribution is 2.25. The average molecular weight is 305 g/mol. The number of hydrogen-bond acceptors (Lipinski definition) is 4. The van der Waals surface area contributed by atoms with E-state index in [0.29, 0.717) is 32.8 Å². The third-order valence-electron chi connectivity index (χ3n) is 3.74. The van der Waals surface area contributed by atoms with E-state index in [-0.39, 0.29) is 11.8 Å². The summed E-state index contributed by atoms with van der Waals surface area (Å²) in [5.41, 5.74) is 2.01. The van der Waals surface area contributed by atoms with E-state index < -0.39 is 0 Å². The second-order valence-electron chi connectivity index (χ2n) is 5.51. The highest BCUT2D eigenvalue weighted by Gasteiger charge is 2.19. The number of likely N-dealkylation sites (N-methyl/N-ethyl adjacent to an activating group) is 1. The van der Waals surface area contributed by atoms with Crippen molar-refractivity contribution in [2.24, 2.45) is 0 Å². The normalized spacial score (nSPS) is 13.9. The van der Waals surface area contributed by atoms with Crippen LogP contribution in [0.25, 0.3) is 0 Å². The monoisotopic (exact) mass is 305 g/mol. The molecule has 1 aromatic rings. The van der Waals surface area contributed by atoms with Crippen LogP contribution in [0.1, 0.15) is 18.1 Å². The van der Waals surface area contributed by atoms with E-state index in [0.717, 1.165) is 16.9 Å². The summed E-state index contributed by atoms with van der Waals surface area (Å²) in [5, 5.41) is 2.88. The van der Waals surface area contributed by atoms with Gasteiger partial charge in [0, 0.05) is 32.6 Å². The maximum atomic E-state index is 12.1.